The summed E-state index contributed by atoms with van der Waals surface area (Å²) in [5.74, 6) is 0.688. The van der Waals surface area contributed by atoms with E-state index in [4.69, 9.17) is 4.74 Å². The summed E-state index contributed by atoms with van der Waals surface area (Å²) in [6, 6.07) is 3.72. The number of nitrogens with one attached hydrogen (secondary N) is 1. The largest absolute Gasteiger partial charge is 0.497 e. The normalized spacial score (nSPS) is 20.9. The molecule has 0 radical (unpaired) electrons. The standard InChI is InChI=1S/C14H22N2O3S/c1-10-7-13(19-4)8-11(2)14(10)20(17,18)16-6-5-15-12(3)9-16/h7-8,12,15H,5-6,9H2,1-4H3/t12-/m0/s1. The summed E-state index contributed by atoms with van der Waals surface area (Å²) in [4.78, 5) is 0.410. The molecule has 1 atom stereocenters. The maximum absolute atomic E-state index is 12.8. The van der Waals surface area contributed by atoms with E-state index >= 15 is 0 Å². The Morgan fingerprint density at radius 3 is 2.40 bits per heavy atom. The summed E-state index contributed by atoms with van der Waals surface area (Å²) in [5.41, 5.74) is 1.46. The Bertz CT molecular complexity index is 575. The van der Waals surface area contributed by atoms with Crippen LogP contribution in [0.3, 0.4) is 0 Å². The first-order chi connectivity index (χ1) is 9.36. The quantitative estimate of drug-likeness (QED) is 0.913. The van der Waals surface area contributed by atoms with Crippen molar-refractivity contribution in [3.8, 4) is 5.75 Å². The molecule has 1 fully saturated rings. The van der Waals surface area contributed by atoms with Gasteiger partial charge in [0.15, 0.2) is 0 Å². The Labute approximate surface area is 121 Å². The van der Waals surface area contributed by atoms with E-state index in [-0.39, 0.29) is 6.04 Å². The third-order valence-electron chi connectivity index (χ3n) is 3.60. The number of benzene rings is 1. The topological polar surface area (TPSA) is 58.6 Å². The lowest BCUT2D eigenvalue weighted by molar-refractivity contribution is 0.310. The van der Waals surface area contributed by atoms with Crippen molar-refractivity contribution in [2.45, 2.75) is 31.7 Å². The van der Waals surface area contributed by atoms with Gasteiger partial charge in [-0.3, -0.25) is 0 Å². The van der Waals surface area contributed by atoms with Crippen LogP contribution in [0.4, 0.5) is 0 Å². The molecule has 20 heavy (non-hydrogen) atoms. The number of methoxy groups -OCH3 is 1. The number of aryl methyl sites for hydroxylation is 2. The van der Waals surface area contributed by atoms with Crippen LogP contribution >= 0.6 is 0 Å². The summed E-state index contributed by atoms with van der Waals surface area (Å²) in [5, 5.41) is 3.26. The molecule has 1 aromatic rings. The van der Waals surface area contributed by atoms with E-state index in [1.54, 1.807) is 23.5 Å². The summed E-state index contributed by atoms with van der Waals surface area (Å²) >= 11 is 0. The third-order valence-corrected chi connectivity index (χ3v) is 5.77. The molecule has 0 amide bonds. The Balaban J connectivity index is 2.44. The number of sulfonamides is 1. The molecule has 0 spiro atoms. The van der Waals surface area contributed by atoms with Gasteiger partial charge in [0.05, 0.1) is 12.0 Å². The number of piperazine rings is 1. The Hall–Kier alpha value is -1.11. The molecule has 1 heterocycles. The minimum atomic E-state index is -3.44. The minimum Gasteiger partial charge on any atom is -0.497 e. The molecular weight excluding hydrogens is 276 g/mol. The SMILES string of the molecule is COc1cc(C)c(S(=O)(=O)N2CCN[C@@H](C)C2)c(C)c1. The second-order valence-corrected chi connectivity index (χ2v) is 7.18. The summed E-state index contributed by atoms with van der Waals surface area (Å²) in [6.45, 7) is 7.33. The van der Waals surface area contributed by atoms with Crippen LogP contribution in [0.5, 0.6) is 5.75 Å². The lowest BCUT2D eigenvalue weighted by Crippen LogP contribution is -2.51. The maximum Gasteiger partial charge on any atom is 0.243 e. The van der Waals surface area contributed by atoms with Crippen LogP contribution in [0.1, 0.15) is 18.1 Å². The summed E-state index contributed by atoms with van der Waals surface area (Å²) in [7, 11) is -1.86. The highest BCUT2D eigenvalue weighted by molar-refractivity contribution is 7.89. The predicted octanol–water partition coefficient (Wildman–Crippen LogP) is 1.29. The van der Waals surface area contributed by atoms with Crippen LogP contribution in [-0.2, 0) is 10.0 Å². The van der Waals surface area contributed by atoms with Gasteiger partial charge in [0.25, 0.3) is 0 Å². The molecule has 1 aromatic carbocycles. The van der Waals surface area contributed by atoms with Crippen LogP contribution in [-0.4, -0.2) is 45.5 Å². The van der Waals surface area contributed by atoms with Crippen LogP contribution in [0.2, 0.25) is 0 Å². The molecule has 0 bridgehead atoms. The number of rotatable bonds is 3. The number of ether oxygens (including phenoxy) is 1. The zero-order valence-corrected chi connectivity index (χ0v) is 13.3. The van der Waals surface area contributed by atoms with Crippen molar-refractivity contribution in [2.24, 2.45) is 0 Å². The van der Waals surface area contributed by atoms with Gasteiger partial charge in [0, 0.05) is 25.7 Å². The minimum absolute atomic E-state index is 0.178. The lowest BCUT2D eigenvalue weighted by Gasteiger charge is -2.31. The van der Waals surface area contributed by atoms with Gasteiger partial charge in [-0.1, -0.05) is 0 Å². The van der Waals surface area contributed by atoms with E-state index in [1.165, 1.54) is 0 Å². The van der Waals surface area contributed by atoms with Gasteiger partial charge in [0.1, 0.15) is 5.75 Å². The van der Waals surface area contributed by atoms with E-state index in [9.17, 15) is 8.42 Å². The van der Waals surface area contributed by atoms with Crippen molar-refractivity contribution in [1.29, 1.82) is 0 Å². The highest BCUT2D eigenvalue weighted by atomic mass is 32.2. The van der Waals surface area contributed by atoms with Gasteiger partial charge in [0.2, 0.25) is 10.0 Å². The average Bonchev–Trinajstić information content (AvgIpc) is 2.37. The van der Waals surface area contributed by atoms with Gasteiger partial charge < -0.3 is 10.1 Å². The van der Waals surface area contributed by atoms with Crippen LogP contribution in [0, 0.1) is 13.8 Å². The Kier molecular flexibility index (Phi) is 4.36. The maximum atomic E-state index is 12.8. The molecule has 5 nitrogen and oxygen atoms in total. The summed E-state index contributed by atoms with van der Waals surface area (Å²) in [6.07, 6.45) is 0. The van der Waals surface area contributed by atoms with Crippen molar-refractivity contribution in [3.63, 3.8) is 0 Å². The zero-order chi connectivity index (χ0) is 14.9. The number of hydrogen-bond donors (Lipinski definition) is 1. The fourth-order valence-electron chi connectivity index (χ4n) is 2.68. The first-order valence-corrected chi connectivity index (χ1v) is 8.19. The molecular formula is C14H22N2O3S. The average molecular weight is 298 g/mol. The fourth-order valence-corrected chi connectivity index (χ4v) is 4.62. The van der Waals surface area contributed by atoms with Crippen molar-refractivity contribution in [2.75, 3.05) is 26.7 Å². The smallest absolute Gasteiger partial charge is 0.243 e. The lowest BCUT2D eigenvalue weighted by atomic mass is 10.1. The first-order valence-electron chi connectivity index (χ1n) is 6.75. The second kappa shape index (κ2) is 5.71. The molecule has 0 aromatic heterocycles. The van der Waals surface area contributed by atoms with Crippen molar-refractivity contribution in [1.82, 2.24) is 9.62 Å². The molecule has 1 N–H and O–H groups in total. The van der Waals surface area contributed by atoms with Gasteiger partial charge in [-0.2, -0.15) is 4.31 Å². The van der Waals surface area contributed by atoms with Crippen molar-refractivity contribution in [3.05, 3.63) is 23.3 Å². The molecule has 6 heteroatoms. The first kappa shape index (κ1) is 15.3. The predicted molar refractivity (Wildman–Crippen MR) is 78.7 cm³/mol. The molecule has 0 aliphatic carbocycles. The monoisotopic (exact) mass is 298 g/mol. The third kappa shape index (κ3) is 2.82. The highest BCUT2D eigenvalue weighted by Crippen LogP contribution is 2.28. The van der Waals surface area contributed by atoms with Crippen molar-refractivity contribution >= 4 is 10.0 Å². The molecule has 1 aliphatic heterocycles. The zero-order valence-electron chi connectivity index (χ0n) is 12.4. The van der Waals surface area contributed by atoms with E-state index in [0.717, 1.165) is 11.1 Å². The van der Waals surface area contributed by atoms with Gasteiger partial charge in [-0.15, -0.1) is 0 Å². The Morgan fingerprint density at radius 2 is 1.90 bits per heavy atom. The molecule has 1 aliphatic rings. The number of hydrogen-bond acceptors (Lipinski definition) is 4. The van der Waals surface area contributed by atoms with E-state index in [1.807, 2.05) is 20.8 Å². The summed E-state index contributed by atoms with van der Waals surface area (Å²) < 4.78 is 32.4. The molecule has 0 unspecified atom stereocenters. The molecule has 112 valence electrons. The molecule has 0 saturated carbocycles. The van der Waals surface area contributed by atoms with Crippen LogP contribution in [0.25, 0.3) is 0 Å². The van der Waals surface area contributed by atoms with Crippen molar-refractivity contribution < 1.29 is 13.2 Å². The van der Waals surface area contributed by atoms with E-state index in [0.29, 0.717) is 30.3 Å². The Morgan fingerprint density at radius 1 is 1.30 bits per heavy atom. The van der Waals surface area contributed by atoms with Crippen LogP contribution < -0.4 is 10.1 Å². The fraction of sp³-hybridized carbons (Fsp3) is 0.571. The van der Waals surface area contributed by atoms with Gasteiger partial charge in [-0.05, 0) is 44.0 Å². The van der Waals surface area contributed by atoms with E-state index < -0.39 is 10.0 Å². The second-order valence-electron chi connectivity index (χ2n) is 5.31. The highest BCUT2D eigenvalue weighted by Gasteiger charge is 2.31. The molecule has 1 saturated heterocycles. The van der Waals surface area contributed by atoms with E-state index in [2.05, 4.69) is 5.32 Å². The van der Waals surface area contributed by atoms with Gasteiger partial charge in [-0.25, -0.2) is 8.42 Å². The molecule has 2 rings (SSSR count). The van der Waals surface area contributed by atoms with Crippen LogP contribution in [0.15, 0.2) is 17.0 Å². The van der Waals surface area contributed by atoms with Gasteiger partial charge >= 0.3 is 0 Å². The number of nitrogens with zero attached hydrogens (tertiary/aromatic N) is 1.